The lowest BCUT2D eigenvalue weighted by Crippen LogP contribution is -2.04. The van der Waals surface area contributed by atoms with Crippen LogP contribution < -0.4 is 0 Å². The van der Waals surface area contributed by atoms with Crippen molar-refractivity contribution in [2.24, 2.45) is 0 Å². The van der Waals surface area contributed by atoms with E-state index < -0.39 is 11.9 Å². The molecule has 2 rings (SSSR count). The predicted octanol–water partition coefficient (Wildman–Crippen LogP) is 3.24. The Morgan fingerprint density at radius 2 is 1.59 bits per heavy atom. The molecule has 1 unspecified atom stereocenters. The Morgan fingerprint density at radius 1 is 0.941 bits per heavy atom. The Kier molecular flexibility index (Phi) is 3.49. The first kappa shape index (κ1) is 11.7. The molecule has 1 nitrogen and oxygen atoms in total. The average molecular weight is 234 g/mol. The van der Waals surface area contributed by atoms with Crippen molar-refractivity contribution in [1.82, 2.24) is 0 Å². The van der Waals surface area contributed by atoms with E-state index in [0.29, 0.717) is 0 Å². The molecule has 0 heterocycles. The summed E-state index contributed by atoms with van der Waals surface area (Å²) in [5.74, 6) is -0.753. The molecular formula is C14H12F2O. The van der Waals surface area contributed by atoms with Crippen LogP contribution in [0.2, 0.25) is 0 Å². The molecule has 0 aromatic heterocycles. The molecule has 0 spiro atoms. The number of rotatable bonds is 3. The van der Waals surface area contributed by atoms with Crippen LogP contribution in [0.15, 0.2) is 48.5 Å². The molecule has 3 heteroatoms. The Morgan fingerprint density at radius 3 is 2.24 bits per heavy atom. The fourth-order valence-corrected chi connectivity index (χ4v) is 1.70. The highest BCUT2D eigenvalue weighted by Gasteiger charge is 2.12. The van der Waals surface area contributed by atoms with Gasteiger partial charge in [0.1, 0.15) is 11.6 Å². The number of halogens is 2. The third-order valence-corrected chi connectivity index (χ3v) is 2.61. The summed E-state index contributed by atoms with van der Waals surface area (Å²) < 4.78 is 26.1. The lowest BCUT2D eigenvalue weighted by atomic mass is 10.0. The molecule has 0 amide bonds. The Labute approximate surface area is 98.3 Å². The van der Waals surface area contributed by atoms with Gasteiger partial charge in [-0.25, -0.2) is 8.78 Å². The van der Waals surface area contributed by atoms with Crippen LogP contribution in [0.4, 0.5) is 8.78 Å². The van der Waals surface area contributed by atoms with Crippen LogP contribution in [-0.2, 0) is 6.42 Å². The van der Waals surface area contributed by atoms with Gasteiger partial charge >= 0.3 is 0 Å². The zero-order chi connectivity index (χ0) is 12.3. The van der Waals surface area contributed by atoms with E-state index in [9.17, 15) is 13.9 Å². The molecule has 17 heavy (non-hydrogen) atoms. The summed E-state index contributed by atoms with van der Waals surface area (Å²) in [7, 11) is 0. The number of aliphatic hydroxyl groups excluding tert-OH is 1. The molecule has 0 aliphatic heterocycles. The van der Waals surface area contributed by atoms with Gasteiger partial charge in [0.15, 0.2) is 0 Å². The average Bonchev–Trinajstić information content (AvgIpc) is 2.32. The highest BCUT2D eigenvalue weighted by atomic mass is 19.1. The standard InChI is InChI=1S/C14H12F2O/c15-11-7-5-10(6-8-11)9-14(17)12-3-1-2-4-13(12)16/h1-8,14,17H,9H2. The first-order valence-corrected chi connectivity index (χ1v) is 5.34. The van der Waals surface area contributed by atoms with Gasteiger partial charge < -0.3 is 5.11 Å². The largest absolute Gasteiger partial charge is 0.388 e. The molecule has 0 aliphatic carbocycles. The Bertz CT molecular complexity index is 494. The molecule has 1 N–H and O–H groups in total. The van der Waals surface area contributed by atoms with Crippen LogP contribution in [0.5, 0.6) is 0 Å². The van der Waals surface area contributed by atoms with Gasteiger partial charge in [0, 0.05) is 12.0 Å². The smallest absolute Gasteiger partial charge is 0.129 e. The van der Waals surface area contributed by atoms with E-state index in [2.05, 4.69) is 0 Å². The summed E-state index contributed by atoms with van der Waals surface area (Å²) in [6.45, 7) is 0. The fraction of sp³-hybridized carbons (Fsp3) is 0.143. The maximum atomic E-state index is 13.4. The summed E-state index contributed by atoms with van der Waals surface area (Å²) in [5.41, 5.74) is 1.03. The highest BCUT2D eigenvalue weighted by Crippen LogP contribution is 2.20. The number of aliphatic hydroxyl groups is 1. The number of hydrogen-bond donors (Lipinski definition) is 1. The van der Waals surface area contributed by atoms with Crippen molar-refractivity contribution < 1.29 is 13.9 Å². The number of benzene rings is 2. The predicted molar refractivity (Wildman–Crippen MR) is 61.5 cm³/mol. The van der Waals surface area contributed by atoms with Crippen molar-refractivity contribution in [3.05, 3.63) is 71.3 Å². The van der Waals surface area contributed by atoms with Gasteiger partial charge in [-0.05, 0) is 23.8 Å². The molecule has 0 fully saturated rings. The van der Waals surface area contributed by atoms with Crippen molar-refractivity contribution in [3.63, 3.8) is 0 Å². The van der Waals surface area contributed by atoms with Crippen LogP contribution in [0.1, 0.15) is 17.2 Å². The SMILES string of the molecule is OC(Cc1ccc(F)cc1)c1ccccc1F. The van der Waals surface area contributed by atoms with Gasteiger partial charge in [-0.3, -0.25) is 0 Å². The van der Waals surface area contributed by atoms with Crippen LogP contribution in [0.25, 0.3) is 0 Å². The van der Waals surface area contributed by atoms with Gasteiger partial charge in [-0.2, -0.15) is 0 Å². The molecule has 88 valence electrons. The second kappa shape index (κ2) is 5.06. The van der Waals surface area contributed by atoms with Crippen molar-refractivity contribution in [2.75, 3.05) is 0 Å². The van der Waals surface area contributed by atoms with E-state index in [-0.39, 0.29) is 17.8 Å². The first-order valence-electron chi connectivity index (χ1n) is 5.34. The molecule has 0 radical (unpaired) electrons. The normalized spacial score (nSPS) is 12.4. The molecule has 2 aromatic carbocycles. The van der Waals surface area contributed by atoms with Gasteiger partial charge in [0.05, 0.1) is 6.10 Å². The Balaban J connectivity index is 2.14. The molecule has 0 saturated carbocycles. The van der Waals surface area contributed by atoms with Gasteiger partial charge in [-0.1, -0.05) is 30.3 Å². The van der Waals surface area contributed by atoms with Gasteiger partial charge in [0.2, 0.25) is 0 Å². The van der Waals surface area contributed by atoms with Crippen LogP contribution >= 0.6 is 0 Å². The summed E-state index contributed by atoms with van der Waals surface area (Å²) in [5, 5.41) is 9.89. The van der Waals surface area contributed by atoms with E-state index in [4.69, 9.17) is 0 Å². The zero-order valence-corrected chi connectivity index (χ0v) is 9.11. The summed E-state index contributed by atoms with van der Waals surface area (Å²) in [4.78, 5) is 0. The first-order chi connectivity index (χ1) is 8.16. The third-order valence-electron chi connectivity index (χ3n) is 2.61. The fourth-order valence-electron chi connectivity index (χ4n) is 1.70. The molecule has 0 aliphatic rings. The van der Waals surface area contributed by atoms with E-state index in [1.54, 1.807) is 30.3 Å². The zero-order valence-electron chi connectivity index (χ0n) is 9.11. The van der Waals surface area contributed by atoms with E-state index in [1.807, 2.05) is 0 Å². The highest BCUT2D eigenvalue weighted by molar-refractivity contribution is 5.23. The van der Waals surface area contributed by atoms with E-state index >= 15 is 0 Å². The summed E-state index contributed by atoms with van der Waals surface area (Å²) in [6, 6.07) is 11.9. The van der Waals surface area contributed by atoms with E-state index in [0.717, 1.165) is 5.56 Å². The lowest BCUT2D eigenvalue weighted by molar-refractivity contribution is 0.173. The van der Waals surface area contributed by atoms with Crippen LogP contribution in [0.3, 0.4) is 0 Å². The maximum Gasteiger partial charge on any atom is 0.129 e. The quantitative estimate of drug-likeness (QED) is 0.864. The lowest BCUT2D eigenvalue weighted by Gasteiger charge is -2.11. The van der Waals surface area contributed by atoms with Crippen LogP contribution in [0, 0.1) is 11.6 Å². The minimum atomic E-state index is -0.915. The minimum absolute atomic E-state index is 0.261. The van der Waals surface area contributed by atoms with Crippen LogP contribution in [-0.4, -0.2) is 5.11 Å². The third kappa shape index (κ3) is 2.88. The molecule has 2 aromatic rings. The summed E-state index contributed by atoms with van der Waals surface area (Å²) >= 11 is 0. The minimum Gasteiger partial charge on any atom is -0.388 e. The monoisotopic (exact) mass is 234 g/mol. The van der Waals surface area contributed by atoms with Crippen molar-refractivity contribution >= 4 is 0 Å². The number of hydrogen-bond acceptors (Lipinski definition) is 1. The summed E-state index contributed by atoms with van der Waals surface area (Å²) in [6.07, 6.45) is -0.650. The van der Waals surface area contributed by atoms with Gasteiger partial charge in [-0.15, -0.1) is 0 Å². The van der Waals surface area contributed by atoms with Gasteiger partial charge in [0.25, 0.3) is 0 Å². The molecule has 1 atom stereocenters. The van der Waals surface area contributed by atoms with E-state index in [1.165, 1.54) is 18.2 Å². The topological polar surface area (TPSA) is 20.2 Å². The molecule has 0 saturated heterocycles. The van der Waals surface area contributed by atoms with Crippen molar-refractivity contribution in [2.45, 2.75) is 12.5 Å². The second-order valence-electron chi connectivity index (χ2n) is 3.87. The molecule has 0 bridgehead atoms. The Hall–Kier alpha value is -1.74. The van der Waals surface area contributed by atoms with Crippen molar-refractivity contribution in [1.29, 1.82) is 0 Å². The maximum absolute atomic E-state index is 13.4. The molecular weight excluding hydrogens is 222 g/mol. The second-order valence-corrected chi connectivity index (χ2v) is 3.87. The van der Waals surface area contributed by atoms with Crippen molar-refractivity contribution in [3.8, 4) is 0 Å².